The fourth-order valence-electron chi connectivity index (χ4n) is 3.08. The molecule has 0 amide bonds. The molecule has 2 N–H and O–H groups in total. The van der Waals surface area contributed by atoms with Gasteiger partial charge in [0.1, 0.15) is 0 Å². The van der Waals surface area contributed by atoms with Crippen molar-refractivity contribution in [2.45, 2.75) is 38.6 Å². The highest BCUT2D eigenvalue weighted by Crippen LogP contribution is 2.38. The van der Waals surface area contributed by atoms with E-state index in [1.165, 1.54) is 0 Å². The summed E-state index contributed by atoms with van der Waals surface area (Å²) in [4.78, 5) is 34.7. The second kappa shape index (κ2) is 5.53. The summed E-state index contributed by atoms with van der Waals surface area (Å²) >= 11 is 0. The van der Waals surface area contributed by atoms with Gasteiger partial charge in [0.05, 0.1) is 18.4 Å². The van der Waals surface area contributed by atoms with Crippen molar-refractivity contribution < 1.29 is 19.8 Å². The molecule has 1 heterocycles. The molecule has 0 atom stereocenters. The molecule has 0 unspecified atom stereocenters. The van der Waals surface area contributed by atoms with Gasteiger partial charge < -0.3 is 14.8 Å². The van der Waals surface area contributed by atoms with E-state index in [0.717, 1.165) is 18.4 Å². The average molecular weight is 315 g/mol. The first-order valence-corrected chi connectivity index (χ1v) is 7.48. The SMILES string of the molecule is Cc1c(CC(=O)O)c(=O)c2cc(CC(=O)O)ccc2n1C1CC1. The molecule has 6 heteroatoms. The van der Waals surface area contributed by atoms with E-state index in [0.29, 0.717) is 16.6 Å². The van der Waals surface area contributed by atoms with Gasteiger partial charge in [0.2, 0.25) is 0 Å². The molecular weight excluding hydrogens is 298 g/mol. The van der Waals surface area contributed by atoms with Crippen LogP contribution in [0.5, 0.6) is 0 Å². The first kappa shape index (κ1) is 15.3. The zero-order chi connectivity index (χ0) is 16.7. The Morgan fingerprint density at radius 2 is 1.83 bits per heavy atom. The summed E-state index contributed by atoms with van der Waals surface area (Å²) in [5, 5.41) is 18.4. The number of pyridine rings is 1. The molecule has 1 fully saturated rings. The molecule has 6 nitrogen and oxygen atoms in total. The summed E-state index contributed by atoms with van der Waals surface area (Å²) in [5.74, 6) is -2.02. The minimum Gasteiger partial charge on any atom is -0.481 e. The van der Waals surface area contributed by atoms with E-state index in [-0.39, 0.29) is 29.9 Å². The van der Waals surface area contributed by atoms with E-state index in [1.54, 1.807) is 25.1 Å². The average Bonchev–Trinajstić information content (AvgIpc) is 3.28. The Balaban J connectivity index is 2.29. The number of nitrogens with zero attached hydrogens (tertiary/aromatic N) is 1. The smallest absolute Gasteiger partial charge is 0.308 e. The summed E-state index contributed by atoms with van der Waals surface area (Å²) in [7, 11) is 0. The predicted octanol–water partition coefficient (Wildman–Crippen LogP) is 1.90. The molecule has 23 heavy (non-hydrogen) atoms. The maximum atomic E-state index is 12.7. The van der Waals surface area contributed by atoms with Crippen molar-refractivity contribution in [1.29, 1.82) is 0 Å². The number of carbonyl (C=O) groups is 2. The third-order valence-corrected chi connectivity index (χ3v) is 4.23. The monoisotopic (exact) mass is 315 g/mol. The number of aliphatic carboxylic acids is 2. The maximum Gasteiger partial charge on any atom is 0.308 e. The van der Waals surface area contributed by atoms with Gasteiger partial charge in [-0.25, -0.2) is 0 Å². The van der Waals surface area contributed by atoms with Gasteiger partial charge in [-0.05, 0) is 37.5 Å². The summed E-state index contributed by atoms with van der Waals surface area (Å²) in [5.41, 5.74) is 1.94. The standard InChI is InChI=1S/C17H17NO5/c1-9-12(8-16(21)22)17(23)13-6-10(7-15(19)20)2-5-14(13)18(9)11-3-4-11/h2,5-6,11H,3-4,7-8H2,1H3,(H,19,20)(H,21,22). The lowest BCUT2D eigenvalue weighted by Gasteiger charge is -2.17. The lowest BCUT2D eigenvalue weighted by Crippen LogP contribution is -2.21. The van der Waals surface area contributed by atoms with Gasteiger partial charge in [0.25, 0.3) is 0 Å². The molecule has 0 aliphatic heterocycles. The van der Waals surface area contributed by atoms with E-state index in [9.17, 15) is 14.4 Å². The number of aromatic nitrogens is 1. The van der Waals surface area contributed by atoms with E-state index in [4.69, 9.17) is 10.2 Å². The molecule has 0 radical (unpaired) electrons. The van der Waals surface area contributed by atoms with Gasteiger partial charge in [0.15, 0.2) is 5.43 Å². The van der Waals surface area contributed by atoms with Crippen molar-refractivity contribution in [3.8, 4) is 0 Å². The van der Waals surface area contributed by atoms with Crippen LogP contribution in [0.15, 0.2) is 23.0 Å². The van der Waals surface area contributed by atoms with Crippen LogP contribution in [0.25, 0.3) is 10.9 Å². The van der Waals surface area contributed by atoms with Crippen LogP contribution in [0, 0.1) is 6.92 Å². The minimum absolute atomic E-state index is 0.166. The van der Waals surface area contributed by atoms with Gasteiger partial charge in [-0.1, -0.05) is 6.07 Å². The Morgan fingerprint density at radius 1 is 1.17 bits per heavy atom. The van der Waals surface area contributed by atoms with Crippen molar-refractivity contribution in [2.24, 2.45) is 0 Å². The van der Waals surface area contributed by atoms with Crippen molar-refractivity contribution in [1.82, 2.24) is 4.57 Å². The molecule has 2 aromatic rings. The second-order valence-corrected chi connectivity index (χ2v) is 5.99. The number of hydrogen-bond donors (Lipinski definition) is 2. The highest BCUT2D eigenvalue weighted by molar-refractivity contribution is 5.84. The molecule has 0 saturated heterocycles. The van der Waals surface area contributed by atoms with Gasteiger partial charge in [0, 0.05) is 22.7 Å². The molecular formula is C17H17NO5. The third-order valence-electron chi connectivity index (χ3n) is 4.23. The number of carboxylic acids is 2. The highest BCUT2D eigenvalue weighted by atomic mass is 16.4. The number of benzene rings is 1. The lowest BCUT2D eigenvalue weighted by molar-refractivity contribution is -0.137. The lowest BCUT2D eigenvalue weighted by atomic mass is 10.0. The molecule has 1 aliphatic rings. The highest BCUT2D eigenvalue weighted by Gasteiger charge is 2.28. The van der Waals surface area contributed by atoms with E-state index in [2.05, 4.69) is 0 Å². The molecule has 120 valence electrons. The molecule has 3 rings (SSSR count). The summed E-state index contributed by atoms with van der Waals surface area (Å²) in [6, 6.07) is 5.35. The Bertz CT molecular complexity index is 877. The summed E-state index contributed by atoms with van der Waals surface area (Å²) < 4.78 is 2.03. The Morgan fingerprint density at radius 3 is 2.39 bits per heavy atom. The van der Waals surface area contributed by atoms with Gasteiger partial charge in [-0.2, -0.15) is 0 Å². The second-order valence-electron chi connectivity index (χ2n) is 5.99. The molecule has 1 aromatic heterocycles. The van der Waals surface area contributed by atoms with Crippen molar-refractivity contribution in [3.05, 3.63) is 45.2 Å². The van der Waals surface area contributed by atoms with Crippen LogP contribution in [0.2, 0.25) is 0 Å². The van der Waals surface area contributed by atoms with Crippen LogP contribution >= 0.6 is 0 Å². The molecule has 1 aromatic carbocycles. The topological polar surface area (TPSA) is 96.6 Å². The Labute approximate surface area is 132 Å². The number of rotatable bonds is 5. The molecule has 1 saturated carbocycles. The van der Waals surface area contributed by atoms with Gasteiger partial charge in [-0.15, -0.1) is 0 Å². The number of fused-ring (bicyclic) bond motifs is 1. The number of hydrogen-bond acceptors (Lipinski definition) is 3. The largest absolute Gasteiger partial charge is 0.481 e. The Kier molecular flexibility index (Phi) is 3.67. The fraction of sp³-hybridized carbons (Fsp3) is 0.353. The third kappa shape index (κ3) is 2.84. The van der Waals surface area contributed by atoms with Crippen LogP contribution in [0.3, 0.4) is 0 Å². The maximum absolute atomic E-state index is 12.7. The summed E-state index contributed by atoms with van der Waals surface area (Å²) in [6.45, 7) is 1.78. The number of carboxylic acid groups (broad SMARTS) is 2. The zero-order valence-electron chi connectivity index (χ0n) is 12.7. The van der Waals surface area contributed by atoms with E-state index in [1.807, 2.05) is 4.57 Å². The van der Waals surface area contributed by atoms with Gasteiger partial charge in [-0.3, -0.25) is 14.4 Å². The van der Waals surface area contributed by atoms with E-state index < -0.39 is 11.9 Å². The normalized spacial score (nSPS) is 14.1. The van der Waals surface area contributed by atoms with Crippen LogP contribution in [-0.2, 0) is 22.4 Å². The van der Waals surface area contributed by atoms with Crippen molar-refractivity contribution >= 4 is 22.8 Å². The first-order valence-electron chi connectivity index (χ1n) is 7.48. The van der Waals surface area contributed by atoms with Crippen molar-refractivity contribution in [2.75, 3.05) is 0 Å². The van der Waals surface area contributed by atoms with Crippen LogP contribution in [0.1, 0.15) is 35.7 Å². The fourth-order valence-corrected chi connectivity index (χ4v) is 3.08. The summed E-state index contributed by atoms with van der Waals surface area (Å²) in [6.07, 6.45) is 1.52. The minimum atomic E-state index is -1.05. The van der Waals surface area contributed by atoms with Crippen LogP contribution in [-0.4, -0.2) is 26.7 Å². The van der Waals surface area contributed by atoms with Crippen molar-refractivity contribution in [3.63, 3.8) is 0 Å². The molecule has 0 spiro atoms. The predicted molar refractivity (Wildman–Crippen MR) is 83.9 cm³/mol. The van der Waals surface area contributed by atoms with Crippen LogP contribution < -0.4 is 5.43 Å². The first-order chi connectivity index (χ1) is 10.9. The molecule has 0 bridgehead atoms. The zero-order valence-corrected chi connectivity index (χ0v) is 12.7. The van der Waals surface area contributed by atoms with Gasteiger partial charge >= 0.3 is 11.9 Å². The molecule has 1 aliphatic carbocycles. The Hall–Kier alpha value is -2.63. The van der Waals surface area contributed by atoms with Crippen LogP contribution in [0.4, 0.5) is 0 Å². The quantitative estimate of drug-likeness (QED) is 0.878. The van der Waals surface area contributed by atoms with E-state index >= 15 is 0 Å².